The molecule has 0 bridgehead atoms. The number of benzene rings is 2. The predicted octanol–water partition coefficient (Wildman–Crippen LogP) is 2.92. The van der Waals surface area contributed by atoms with Crippen molar-refractivity contribution in [2.75, 3.05) is 5.32 Å². The lowest BCUT2D eigenvalue weighted by molar-refractivity contribution is -0.122. The van der Waals surface area contributed by atoms with E-state index in [0.717, 1.165) is 12.1 Å². The van der Waals surface area contributed by atoms with Crippen LogP contribution in [0.4, 0.5) is 18.9 Å². The van der Waals surface area contributed by atoms with E-state index in [4.69, 9.17) is 5.73 Å². The quantitative estimate of drug-likeness (QED) is 0.911. The monoisotopic (exact) mass is 294 g/mol. The summed E-state index contributed by atoms with van der Waals surface area (Å²) in [6, 6.07) is 8.24. The maximum atomic E-state index is 13.7. The third-order valence-electron chi connectivity index (χ3n) is 3.19. The van der Waals surface area contributed by atoms with E-state index in [-0.39, 0.29) is 11.3 Å². The van der Waals surface area contributed by atoms with Crippen LogP contribution in [0.15, 0.2) is 42.5 Å². The van der Waals surface area contributed by atoms with Gasteiger partial charge in [-0.25, -0.2) is 13.2 Å². The molecule has 2 rings (SSSR count). The molecule has 3 N–H and O–H groups in total. The van der Waals surface area contributed by atoms with Gasteiger partial charge in [0.1, 0.15) is 23.0 Å². The van der Waals surface area contributed by atoms with Gasteiger partial charge in [-0.15, -0.1) is 0 Å². The van der Waals surface area contributed by atoms with E-state index in [1.54, 1.807) is 6.07 Å². The molecule has 0 aliphatic rings. The minimum absolute atomic E-state index is 0.00321. The van der Waals surface area contributed by atoms with Gasteiger partial charge in [0.2, 0.25) is 5.91 Å². The fourth-order valence-corrected chi connectivity index (χ4v) is 1.95. The van der Waals surface area contributed by atoms with Crippen molar-refractivity contribution >= 4 is 11.6 Å². The Kier molecular flexibility index (Phi) is 3.88. The highest BCUT2D eigenvalue weighted by atomic mass is 19.1. The summed E-state index contributed by atoms with van der Waals surface area (Å²) in [4.78, 5) is 11.8. The maximum absolute atomic E-state index is 13.7. The van der Waals surface area contributed by atoms with Crippen molar-refractivity contribution in [1.82, 2.24) is 0 Å². The summed E-state index contributed by atoms with van der Waals surface area (Å²) in [6.07, 6.45) is 0. The molecule has 21 heavy (non-hydrogen) atoms. The zero-order valence-electron chi connectivity index (χ0n) is 11.2. The van der Waals surface area contributed by atoms with Gasteiger partial charge in [-0.05, 0) is 36.8 Å². The van der Waals surface area contributed by atoms with Crippen LogP contribution in [0.5, 0.6) is 0 Å². The van der Waals surface area contributed by atoms with Gasteiger partial charge in [0.05, 0.1) is 5.69 Å². The van der Waals surface area contributed by atoms with Crippen LogP contribution in [0.1, 0.15) is 12.5 Å². The third kappa shape index (κ3) is 2.99. The predicted molar refractivity (Wildman–Crippen MR) is 72.9 cm³/mol. The fraction of sp³-hybridized carbons (Fsp3) is 0.133. The van der Waals surface area contributed by atoms with Crippen LogP contribution in [0.2, 0.25) is 0 Å². The summed E-state index contributed by atoms with van der Waals surface area (Å²) in [5.74, 6) is -3.21. The number of anilines is 1. The first kappa shape index (κ1) is 14.9. The molecule has 0 radical (unpaired) electrons. The van der Waals surface area contributed by atoms with E-state index in [9.17, 15) is 18.0 Å². The first-order valence-electron chi connectivity index (χ1n) is 6.12. The second-order valence-electron chi connectivity index (χ2n) is 4.75. The molecule has 0 fully saturated rings. The average Bonchev–Trinajstić information content (AvgIpc) is 2.40. The van der Waals surface area contributed by atoms with Crippen LogP contribution in [-0.4, -0.2) is 5.91 Å². The molecule has 1 atom stereocenters. The first-order chi connectivity index (χ1) is 9.83. The maximum Gasteiger partial charge on any atom is 0.247 e. The van der Waals surface area contributed by atoms with Crippen molar-refractivity contribution in [1.29, 1.82) is 0 Å². The molecular weight excluding hydrogens is 281 g/mol. The topological polar surface area (TPSA) is 55.1 Å². The molecule has 1 unspecified atom stereocenters. The zero-order chi connectivity index (χ0) is 15.6. The lowest BCUT2D eigenvalue weighted by atomic mass is 9.90. The number of para-hydroxylation sites is 1. The Labute approximate surface area is 119 Å². The lowest BCUT2D eigenvalue weighted by Gasteiger charge is -2.29. The summed E-state index contributed by atoms with van der Waals surface area (Å²) < 4.78 is 40.4. The first-order valence-corrected chi connectivity index (χ1v) is 6.12. The number of hydrogen-bond donors (Lipinski definition) is 2. The lowest BCUT2D eigenvalue weighted by Crippen LogP contribution is -2.45. The largest absolute Gasteiger partial charge is 0.367 e. The number of primary amides is 1. The zero-order valence-corrected chi connectivity index (χ0v) is 11.2. The Bertz CT molecular complexity index is 670. The van der Waals surface area contributed by atoms with Crippen molar-refractivity contribution in [2.24, 2.45) is 5.73 Å². The highest BCUT2D eigenvalue weighted by Crippen LogP contribution is 2.28. The van der Waals surface area contributed by atoms with Gasteiger partial charge in [0.25, 0.3) is 0 Å². The third-order valence-corrected chi connectivity index (χ3v) is 3.19. The summed E-state index contributed by atoms with van der Waals surface area (Å²) >= 11 is 0. The summed E-state index contributed by atoms with van der Waals surface area (Å²) in [7, 11) is 0. The molecule has 0 heterocycles. The number of halogens is 3. The summed E-state index contributed by atoms with van der Waals surface area (Å²) in [5, 5.41) is 2.61. The Morgan fingerprint density at radius 1 is 1.10 bits per heavy atom. The Balaban J connectivity index is 2.50. The number of hydrogen-bond acceptors (Lipinski definition) is 2. The Hall–Kier alpha value is -2.50. The minimum Gasteiger partial charge on any atom is -0.367 e. The van der Waals surface area contributed by atoms with Crippen molar-refractivity contribution in [3.05, 3.63) is 65.5 Å². The number of nitrogens with one attached hydrogen (secondary N) is 1. The molecule has 0 spiro atoms. The smallest absolute Gasteiger partial charge is 0.247 e. The Morgan fingerprint density at radius 3 is 2.19 bits per heavy atom. The number of nitrogens with two attached hydrogens (primary N) is 1. The van der Waals surface area contributed by atoms with Crippen molar-refractivity contribution in [2.45, 2.75) is 12.5 Å². The number of rotatable bonds is 4. The van der Waals surface area contributed by atoms with Crippen LogP contribution in [0.25, 0.3) is 0 Å². The van der Waals surface area contributed by atoms with Crippen LogP contribution in [0.3, 0.4) is 0 Å². The average molecular weight is 294 g/mol. The molecule has 0 saturated carbocycles. The number of carbonyl (C=O) groups is 1. The van der Waals surface area contributed by atoms with Gasteiger partial charge >= 0.3 is 0 Å². The minimum atomic E-state index is -1.66. The second kappa shape index (κ2) is 5.47. The molecule has 0 aromatic heterocycles. The van der Waals surface area contributed by atoms with E-state index in [1.165, 1.54) is 25.1 Å². The van der Waals surface area contributed by atoms with Crippen molar-refractivity contribution in [3.63, 3.8) is 0 Å². The van der Waals surface area contributed by atoms with E-state index in [2.05, 4.69) is 5.32 Å². The van der Waals surface area contributed by atoms with Gasteiger partial charge < -0.3 is 11.1 Å². The normalized spacial score (nSPS) is 13.5. The number of amides is 1. The van der Waals surface area contributed by atoms with Crippen LogP contribution >= 0.6 is 0 Å². The molecule has 110 valence electrons. The van der Waals surface area contributed by atoms with E-state index in [0.29, 0.717) is 6.07 Å². The van der Waals surface area contributed by atoms with Crippen molar-refractivity contribution < 1.29 is 18.0 Å². The molecule has 1 amide bonds. The molecule has 0 aliphatic heterocycles. The molecule has 0 saturated heterocycles. The fourth-order valence-electron chi connectivity index (χ4n) is 1.95. The van der Waals surface area contributed by atoms with E-state index in [1.807, 2.05) is 0 Å². The summed E-state index contributed by atoms with van der Waals surface area (Å²) in [6.45, 7) is 1.33. The van der Waals surface area contributed by atoms with Gasteiger partial charge in [-0.2, -0.15) is 0 Å². The SMILES string of the molecule is CC(Nc1ccccc1F)(C(N)=O)c1cc(F)cc(F)c1. The van der Waals surface area contributed by atoms with Gasteiger partial charge in [0.15, 0.2) is 0 Å². The number of carbonyl (C=O) groups excluding carboxylic acids is 1. The molecule has 2 aromatic rings. The Morgan fingerprint density at radius 2 is 1.67 bits per heavy atom. The molecule has 6 heteroatoms. The summed E-state index contributed by atoms with van der Waals surface area (Å²) in [5.41, 5.74) is 3.64. The van der Waals surface area contributed by atoms with Gasteiger partial charge in [-0.3, -0.25) is 4.79 Å². The van der Waals surface area contributed by atoms with Crippen LogP contribution in [0, 0.1) is 17.5 Å². The second-order valence-corrected chi connectivity index (χ2v) is 4.75. The standard InChI is InChI=1S/C15H13F3N2O/c1-15(14(19)21,9-6-10(16)8-11(17)7-9)20-13-5-3-2-4-12(13)18/h2-8,20H,1H3,(H2,19,21). The molecule has 3 nitrogen and oxygen atoms in total. The molecule has 0 aliphatic carbocycles. The van der Waals surface area contributed by atoms with Crippen molar-refractivity contribution in [3.8, 4) is 0 Å². The van der Waals surface area contributed by atoms with Gasteiger partial charge in [0, 0.05) is 6.07 Å². The molecular formula is C15H13F3N2O. The van der Waals surface area contributed by atoms with E-state index < -0.39 is 28.9 Å². The van der Waals surface area contributed by atoms with Crippen LogP contribution in [-0.2, 0) is 10.3 Å². The van der Waals surface area contributed by atoms with Crippen LogP contribution < -0.4 is 11.1 Å². The highest BCUT2D eigenvalue weighted by molar-refractivity contribution is 5.89. The molecule has 2 aromatic carbocycles. The van der Waals surface area contributed by atoms with Gasteiger partial charge in [-0.1, -0.05) is 12.1 Å². The van der Waals surface area contributed by atoms with E-state index >= 15 is 0 Å². The highest BCUT2D eigenvalue weighted by Gasteiger charge is 2.34.